The predicted molar refractivity (Wildman–Crippen MR) is 153 cm³/mol. The van der Waals surface area contributed by atoms with Crippen molar-refractivity contribution >= 4 is 40.7 Å². The van der Waals surface area contributed by atoms with Gasteiger partial charge in [0.15, 0.2) is 11.0 Å². The zero-order valence-electron chi connectivity index (χ0n) is 21.3. The van der Waals surface area contributed by atoms with Crippen LogP contribution in [0.5, 0.6) is 5.75 Å². The number of nitrogen functional groups attached to an aromatic ring is 1. The molecule has 0 saturated carbocycles. The summed E-state index contributed by atoms with van der Waals surface area (Å²) in [7, 11) is 1.62. The second-order valence-electron chi connectivity index (χ2n) is 8.88. The third kappa shape index (κ3) is 5.16. The Kier molecular flexibility index (Phi) is 7.23. The first-order valence-electron chi connectivity index (χ1n) is 12.1. The number of hydrogen-bond acceptors (Lipinski definition) is 8. The van der Waals surface area contributed by atoms with Gasteiger partial charge in [-0.25, -0.2) is 0 Å². The van der Waals surface area contributed by atoms with Crippen molar-refractivity contribution in [3.05, 3.63) is 83.9 Å². The van der Waals surface area contributed by atoms with E-state index in [1.165, 1.54) is 11.8 Å². The van der Waals surface area contributed by atoms with Crippen LogP contribution in [0.1, 0.15) is 30.9 Å². The molecule has 1 saturated heterocycles. The number of aromatic nitrogens is 3. The second kappa shape index (κ2) is 10.9. The van der Waals surface area contributed by atoms with Crippen LogP contribution in [-0.4, -0.2) is 44.9 Å². The first-order valence-corrected chi connectivity index (χ1v) is 13.1. The van der Waals surface area contributed by atoms with Crippen LogP contribution < -0.4 is 15.4 Å². The summed E-state index contributed by atoms with van der Waals surface area (Å²) in [5.74, 6) is 2.18. The molecule has 1 aromatic heterocycles. The van der Waals surface area contributed by atoms with Crippen molar-refractivity contribution in [1.29, 1.82) is 0 Å². The van der Waals surface area contributed by atoms with Crippen LogP contribution in [-0.2, 0) is 4.79 Å². The molecule has 192 valence electrons. The number of carbonyl (C=O) groups is 1. The highest BCUT2D eigenvalue weighted by molar-refractivity contribution is 8.15. The van der Waals surface area contributed by atoms with Gasteiger partial charge in [-0.1, -0.05) is 68.1 Å². The maximum atomic E-state index is 12.7. The highest BCUT2D eigenvalue weighted by atomic mass is 32.2. The molecular weight excluding hydrogens is 498 g/mol. The minimum atomic E-state index is 0.00209. The summed E-state index contributed by atoms with van der Waals surface area (Å²) >= 11 is 1.39. The van der Waals surface area contributed by atoms with E-state index in [1.807, 2.05) is 72.8 Å². The number of nitrogens with zero attached hydrogens (tertiary/aromatic N) is 6. The van der Waals surface area contributed by atoms with E-state index >= 15 is 0 Å². The summed E-state index contributed by atoms with van der Waals surface area (Å²) in [5, 5.41) is 13.8. The Labute approximate surface area is 225 Å². The smallest absolute Gasteiger partial charge is 0.243 e. The fraction of sp³-hybridized carbons (Fsp3) is 0.179. The molecule has 0 bridgehead atoms. The molecule has 1 aliphatic heterocycles. The largest absolute Gasteiger partial charge is 0.497 e. The standard InChI is InChI=1S/C28H27N7O2S/c1-18(2)23-6-4-5-7-24(23)34-25(36)17-38-28(34)32-30-16-19-8-10-20(11-9-19)26-31-27(29)35(33-26)21-12-14-22(37-3)15-13-21/h4-16,18H,17H2,1-3H3,(H2,29,31,33). The first-order chi connectivity index (χ1) is 18.4. The molecule has 9 nitrogen and oxygen atoms in total. The number of amidine groups is 1. The van der Waals surface area contributed by atoms with Crippen LogP contribution in [0.15, 0.2) is 83.0 Å². The minimum Gasteiger partial charge on any atom is -0.497 e. The number of para-hydroxylation sites is 1. The van der Waals surface area contributed by atoms with Gasteiger partial charge in [0.2, 0.25) is 11.9 Å². The summed E-state index contributed by atoms with van der Waals surface area (Å²) in [6.07, 6.45) is 1.66. The van der Waals surface area contributed by atoms with Gasteiger partial charge in [0.25, 0.3) is 0 Å². The zero-order valence-corrected chi connectivity index (χ0v) is 22.1. The van der Waals surface area contributed by atoms with Gasteiger partial charge in [-0.15, -0.1) is 10.2 Å². The topological polar surface area (TPSA) is 111 Å². The summed E-state index contributed by atoms with van der Waals surface area (Å²) in [6, 6.07) is 23.0. The number of rotatable bonds is 7. The molecule has 4 aromatic rings. The van der Waals surface area contributed by atoms with Gasteiger partial charge < -0.3 is 10.5 Å². The Balaban J connectivity index is 1.32. The number of ether oxygens (including phenoxy) is 1. The molecule has 3 aromatic carbocycles. The third-order valence-electron chi connectivity index (χ3n) is 6.03. The molecule has 1 aliphatic rings. The minimum absolute atomic E-state index is 0.00209. The molecule has 1 amide bonds. The zero-order chi connectivity index (χ0) is 26.6. The number of hydrogen-bond donors (Lipinski definition) is 1. The lowest BCUT2D eigenvalue weighted by molar-refractivity contribution is -0.115. The molecule has 2 heterocycles. The fourth-order valence-corrected chi connectivity index (χ4v) is 4.89. The van der Waals surface area contributed by atoms with Crippen molar-refractivity contribution < 1.29 is 9.53 Å². The highest BCUT2D eigenvalue weighted by Gasteiger charge is 2.31. The number of thioether (sulfide) groups is 1. The van der Waals surface area contributed by atoms with E-state index in [-0.39, 0.29) is 11.8 Å². The van der Waals surface area contributed by atoms with Gasteiger partial charge in [0.1, 0.15) is 5.75 Å². The van der Waals surface area contributed by atoms with Gasteiger partial charge in [-0.2, -0.15) is 14.8 Å². The van der Waals surface area contributed by atoms with E-state index in [4.69, 9.17) is 10.5 Å². The SMILES string of the molecule is COc1ccc(-n2nc(-c3ccc(C=NN=C4SCC(=O)N4c4ccccc4C(C)C)cc3)nc2N)cc1. The van der Waals surface area contributed by atoms with Crippen LogP contribution >= 0.6 is 11.8 Å². The van der Waals surface area contributed by atoms with E-state index < -0.39 is 0 Å². The summed E-state index contributed by atoms with van der Waals surface area (Å²) in [4.78, 5) is 18.7. The lowest BCUT2D eigenvalue weighted by Crippen LogP contribution is -2.30. The summed E-state index contributed by atoms with van der Waals surface area (Å²) in [5.41, 5.74) is 10.5. The number of amides is 1. The normalized spacial score (nSPS) is 14.8. The molecule has 0 radical (unpaired) electrons. The lowest BCUT2D eigenvalue weighted by Gasteiger charge is -2.20. The number of anilines is 2. The highest BCUT2D eigenvalue weighted by Crippen LogP contribution is 2.33. The number of methoxy groups -OCH3 is 1. The molecule has 38 heavy (non-hydrogen) atoms. The molecule has 0 unspecified atom stereocenters. The van der Waals surface area contributed by atoms with Crippen LogP contribution in [0.4, 0.5) is 11.6 Å². The van der Waals surface area contributed by atoms with Gasteiger partial charge in [-0.3, -0.25) is 9.69 Å². The van der Waals surface area contributed by atoms with Crippen LogP contribution in [0.2, 0.25) is 0 Å². The number of benzene rings is 3. The van der Waals surface area contributed by atoms with Gasteiger partial charge in [0.05, 0.1) is 30.5 Å². The Morgan fingerprint density at radius 3 is 2.50 bits per heavy atom. The van der Waals surface area contributed by atoms with Crippen molar-refractivity contribution in [3.63, 3.8) is 0 Å². The number of nitrogens with two attached hydrogens (primary N) is 1. The molecule has 5 rings (SSSR count). The monoisotopic (exact) mass is 525 g/mol. The Morgan fingerprint density at radius 2 is 1.79 bits per heavy atom. The van der Waals surface area contributed by atoms with Crippen molar-refractivity contribution in [1.82, 2.24) is 14.8 Å². The van der Waals surface area contributed by atoms with Gasteiger partial charge >= 0.3 is 0 Å². The fourth-order valence-electron chi connectivity index (χ4n) is 4.08. The van der Waals surface area contributed by atoms with Crippen molar-refractivity contribution in [2.75, 3.05) is 23.5 Å². The van der Waals surface area contributed by atoms with E-state index in [0.717, 1.165) is 33.8 Å². The maximum absolute atomic E-state index is 12.7. The molecule has 10 heteroatoms. The van der Waals surface area contributed by atoms with Crippen molar-refractivity contribution in [2.24, 2.45) is 10.2 Å². The molecule has 0 atom stereocenters. The Bertz CT molecular complexity index is 1510. The molecular formula is C28H27N7O2S. The van der Waals surface area contributed by atoms with Gasteiger partial charge in [0, 0.05) is 5.56 Å². The molecule has 2 N–H and O–H groups in total. The summed E-state index contributed by atoms with van der Waals surface area (Å²) in [6.45, 7) is 4.22. The quantitative estimate of drug-likeness (QED) is 0.265. The van der Waals surface area contributed by atoms with Crippen LogP contribution in [0.25, 0.3) is 17.1 Å². The van der Waals surface area contributed by atoms with Crippen molar-refractivity contribution in [2.45, 2.75) is 19.8 Å². The molecule has 0 spiro atoms. The van der Waals surface area contributed by atoms with Gasteiger partial charge in [-0.05, 0) is 47.4 Å². The van der Waals surface area contributed by atoms with Crippen LogP contribution in [0.3, 0.4) is 0 Å². The van der Waals surface area contributed by atoms with Crippen molar-refractivity contribution in [3.8, 4) is 22.8 Å². The molecule has 1 fully saturated rings. The predicted octanol–water partition coefficient (Wildman–Crippen LogP) is 5.12. The lowest BCUT2D eigenvalue weighted by atomic mass is 10.0. The van der Waals surface area contributed by atoms with E-state index in [0.29, 0.717) is 22.7 Å². The number of carbonyl (C=O) groups excluding carboxylic acids is 1. The Hall–Kier alpha value is -4.44. The van der Waals surface area contributed by atoms with E-state index in [2.05, 4.69) is 34.1 Å². The summed E-state index contributed by atoms with van der Waals surface area (Å²) < 4.78 is 6.79. The Morgan fingerprint density at radius 1 is 1.05 bits per heavy atom. The second-order valence-corrected chi connectivity index (χ2v) is 9.83. The van der Waals surface area contributed by atoms with Crippen LogP contribution in [0, 0.1) is 0 Å². The van der Waals surface area contributed by atoms with E-state index in [9.17, 15) is 4.79 Å². The average molecular weight is 526 g/mol. The van der Waals surface area contributed by atoms with E-state index in [1.54, 1.807) is 22.9 Å². The first kappa shape index (κ1) is 25.2. The molecule has 0 aliphatic carbocycles. The third-order valence-corrected chi connectivity index (χ3v) is 6.95. The maximum Gasteiger partial charge on any atom is 0.243 e. The average Bonchev–Trinajstić information content (AvgIpc) is 3.51.